The Labute approximate surface area is 183 Å². The van der Waals surface area contributed by atoms with Gasteiger partial charge >= 0.3 is 6.03 Å². The summed E-state index contributed by atoms with van der Waals surface area (Å²) in [7, 11) is 0. The Hall–Kier alpha value is -3.60. The largest absolute Gasteiger partial charge is 0.324 e. The van der Waals surface area contributed by atoms with Gasteiger partial charge in [0.1, 0.15) is 0 Å². The second kappa shape index (κ2) is 9.04. The predicted octanol–water partition coefficient (Wildman–Crippen LogP) is 5.64. The molecule has 5 nitrogen and oxygen atoms in total. The summed E-state index contributed by atoms with van der Waals surface area (Å²) in [5.41, 5.74) is 4.26. The van der Waals surface area contributed by atoms with E-state index in [9.17, 15) is 9.59 Å². The quantitative estimate of drug-likeness (QED) is 0.588. The van der Waals surface area contributed by atoms with E-state index in [-0.39, 0.29) is 18.0 Å². The molecule has 3 aromatic rings. The summed E-state index contributed by atoms with van der Waals surface area (Å²) < 4.78 is 0. The maximum Gasteiger partial charge on any atom is 0.324 e. The number of nitrogens with one attached hydrogen (secondary N) is 1. The highest BCUT2D eigenvalue weighted by Gasteiger charge is 2.30. The van der Waals surface area contributed by atoms with Crippen molar-refractivity contribution in [2.45, 2.75) is 26.3 Å². The number of urea groups is 1. The van der Waals surface area contributed by atoms with Crippen molar-refractivity contribution in [1.29, 1.82) is 0 Å². The van der Waals surface area contributed by atoms with Gasteiger partial charge in [-0.3, -0.25) is 9.69 Å². The number of benzene rings is 3. The van der Waals surface area contributed by atoms with Gasteiger partial charge < -0.3 is 10.2 Å². The van der Waals surface area contributed by atoms with E-state index in [2.05, 4.69) is 24.4 Å². The zero-order chi connectivity index (χ0) is 21.8. The highest BCUT2D eigenvalue weighted by atomic mass is 16.2. The zero-order valence-electron chi connectivity index (χ0n) is 17.9. The molecule has 1 aliphatic rings. The zero-order valence-corrected chi connectivity index (χ0v) is 17.9. The molecular formula is C26H27N3O2. The molecule has 1 unspecified atom stereocenters. The molecule has 158 valence electrons. The van der Waals surface area contributed by atoms with E-state index in [0.717, 1.165) is 29.8 Å². The molecule has 0 radical (unpaired) electrons. The highest BCUT2D eigenvalue weighted by Crippen LogP contribution is 2.28. The first-order valence-electron chi connectivity index (χ1n) is 10.6. The van der Waals surface area contributed by atoms with Crippen LogP contribution in [0.15, 0.2) is 78.9 Å². The molecular weight excluding hydrogens is 386 g/mol. The van der Waals surface area contributed by atoms with Crippen LogP contribution in [0.3, 0.4) is 0 Å². The molecule has 31 heavy (non-hydrogen) atoms. The van der Waals surface area contributed by atoms with Crippen LogP contribution >= 0.6 is 0 Å². The summed E-state index contributed by atoms with van der Waals surface area (Å²) in [4.78, 5) is 29.5. The average molecular weight is 414 g/mol. The standard InChI is InChI=1S/C26H27N3O2/c1-19-9-6-7-12-24(19)25(30)27-22-13-15-23(16-14-22)29-18-8-17-28(26(29)31)20(2)21-10-4-3-5-11-21/h3-7,9-16,20H,8,17-18H2,1-2H3,(H,27,30). The molecule has 1 saturated heterocycles. The number of carbonyl (C=O) groups is 2. The van der Waals surface area contributed by atoms with Crippen molar-refractivity contribution < 1.29 is 9.59 Å². The maximum absolute atomic E-state index is 13.2. The van der Waals surface area contributed by atoms with E-state index >= 15 is 0 Å². The van der Waals surface area contributed by atoms with Gasteiger partial charge in [-0.25, -0.2) is 4.79 Å². The average Bonchev–Trinajstić information content (AvgIpc) is 2.80. The third-order valence-corrected chi connectivity index (χ3v) is 5.83. The molecule has 0 aliphatic carbocycles. The Morgan fingerprint density at radius 2 is 1.58 bits per heavy atom. The summed E-state index contributed by atoms with van der Waals surface area (Å²) in [5.74, 6) is -0.136. The molecule has 4 rings (SSSR count). The Morgan fingerprint density at radius 3 is 2.29 bits per heavy atom. The molecule has 0 aromatic heterocycles. The van der Waals surface area contributed by atoms with Gasteiger partial charge in [-0.1, -0.05) is 48.5 Å². The summed E-state index contributed by atoms with van der Waals surface area (Å²) in [6.45, 7) is 5.42. The molecule has 1 aliphatic heterocycles. The lowest BCUT2D eigenvalue weighted by Crippen LogP contribution is -2.50. The predicted molar refractivity (Wildman–Crippen MR) is 124 cm³/mol. The minimum atomic E-state index is -0.136. The summed E-state index contributed by atoms with van der Waals surface area (Å²) in [6.07, 6.45) is 0.911. The molecule has 0 spiro atoms. The van der Waals surface area contributed by atoms with Crippen molar-refractivity contribution in [3.05, 3.63) is 95.6 Å². The molecule has 1 heterocycles. The summed E-state index contributed by atoms with van der Waals surface area (Å²) >= 11 is 0. The fourth-order valence-corrected chi connectivity index (χ4v) is 4.01. The van der Waals surface area contributed by atoms with Crippen LogP contribution in [0.1, 0.15) is 40.9 Å². The van der Waals surface area contributed by atoms with Crippen LogP contribution in [0.4, 0.5) is 16.2 Å². The molecule has 1 fully saturated rings. The van der Waals surface area contributed by atoms with Crippen LogP contribution in [-0.4, -0.2) is 29.9 Å². The lowest BCUT2D eigenvalue weighted by atomic mass is 10.1. The summed E-state index contributed by atoms with van der Waals surface area (Å²) in [6, 6.07) is 25.1. The van der Waals surface area contributed by atoms with E-state index in [0.29, 0.717) is 17.8 Å². The minimum Gasteiger partial charge on any atom is -0.322 e. The van der Waals surface area contributed by atoms with Gasteiger partial charge in [-0.15, -0.1) is 0 Å². The molecule has 1 N–H and O–H groups in total. The number of rotatable bonds is 5. The van der Waals surface area contributed by atoms with E-state index in [4.69, 9.17) is 0 Å². The minimum absolute atomic E-state index is 0.0132. The van der Waals surface area contributed by atoms with Crippen LogP contribution in [0, 0.1) is 6.92 Å². The fourth-order valence-electron chi connectivity index (χ4n) is 4.01. The SMILES string of the molecule is Cc1ccccc1C(=O)Nc1ccc(N2CCCN(C(C)c3ccccc3)C2=O)cc1. The van der Waals surface area contributed by atoms with Crippen LogP contribution in [0.2, 0.25) is 0 Å². The lowest BCUT2D eigenvalue weighted by molar-refractivity contribution is 0.102. The van der Waals surface area contributed by atoms with Crippen molar-refractivity contribution in [3.63, 3.8) is 0 Å². The number of aryl methyl sites for hydroxylation is 1. The van der Waals surface area contributed by atoms with Crippen molar-refractivity contribution >= 4 is 23.3 Å². The molecule has 0 bridgehead atoms. The van der Waals surface area contributed by atoms with Gasteiger partial charge in [0.25, 0.3) is 5.91 Å². The number of nitrogens with zero attached hydrogens (tertiary/aromatic N) is 2. The molecule has 3 aromatic carbocycles. The van der Waals surface area contributed by atoms with Crippen LogP contribution in [0.25, 0.3) is 0 Å². The van der Waals surface area contributed by atoms with Gasteiger partial charge in [0.15, 0.2) is 0 Å². The van der Waals surface area contributed by atoms with Gasteiger partial charge in [-0.05, 0) is 61.7 Å². The van der Waals surface area contributed by atoms with Crippen molar-refractivity contribution in [2.24, 2.45) is 0 Å². The fraction of sp³-hybridized carbons (Fsp3) is 0.231. The van der Waals surface area contributed by atoms with Crippen molar-refractivity contribution in [3.8, 4) is 0 Å². The third kappa shape index (κ3) is 4.45. The third-order valence-electron chi connectivity index (χ3n) is 5.83. The topological polar surface area (TPSA) is 52.7 Å². The van der Waals surface area contributed by atoms with Crippen LogP contribution in [0.5, 0.6) is 0 Å². The van der Waals surface area contributed by atoms with Crippen molar-refractivity contribution in [2.75, 3.05) is 23.3 Å². The second-order valence-corrected chi connectivity index (χ2v) is 7.88. The normalized spacial score (nSPS) is 15.0. The van der Waals surface area contributed by atoms with Gasteiger partial charge in [0, 0.05) is 30.0 Å². The number of amides is 3. The van der Waals surface area contributed by atoms with E-state index in [1.54, 1.807) is 0 Å². The summed E-state index contributed by atoms with van der Waals surface area (Å²) in [5, 5.41) is 2.94. The van der Waals surface area contributed by atoms with Crippen LogP contribution in [-0.2, 0) is 0 Å². The molecule has 1 atom stereocenters. The van der Waals surface area contributed by atoms with Gasteiger partial charge in [0.2, 0.25) is 0 Å². The molecule has 0 saturated carbocycles. The Morgan fingerprint density at radius 1 is 0.903 bits per heavy atom. The first-order chi connectivity index (χ1) is 15.0. The smallest absolute Gasteiger partial charge is 0.322 e. The number of anilines is 2. The number of hydrogen-bond acceptors (Lipinski definition) is 2. The highest BCUT2D eigenvalue weighted by molar-refractivity contribution is 6.05. The molecule has 3 amide bonds. The number of carbonyl (C=O) groups excluding carboxylic acids is 2. The van der Waals surface area contributed by atoms with E-state index < -0.39 is 0 Å². The first kappa shape index (κ1) is 20.7. The Balaban J connectivity index is 1.46. The van der Waals surface area contributed by atoms with E-state index in [1.165, 1.54) is 0 Å². The Kier molecular flexibility index (Phi) is 6.03. The monoisotopic (exact) mass is 413 g/mol. The van der Waals surface area contributed by atoms with E-state index in [1.807, 2.05) is 83.5 Å². The number of hydrogen-bond donors (Lipinski definition) is 1. The Bertz CT molecular complexity index is 1060. The first-order valence-corrected chi connectivity index (χ1v) is 10.6. The lowest BCUT2D eigenvalue weighted by Gasteiger charge is -2.39. The van der Waals surface area contributed by atoms with Crippen LogP contribution < -0.4 is 10.2 Å². The van der Waals surface area contributed by atoms with Crippen molar-refractivity contribution in [1.82, 2.24) is 4.90 Å². The maximum atomic E-state index is 13.2. The van der Waals surface area contributed by atoms with Gasteiger partial charge in [-0.2, -0.15) is 0 Å². The molecule has 5 heteroatoms. The van der Waals surface area contributed by atoms with Gasteiger partial charge in [0.05, 0.1) is 6.04 Å². The second-order valence-electron chi connectivity index (χ2n) is 7.88.